The number of benzene rings is 2. The largest absolute Gasteiger partial charge is 0.497 e. The van der Waals surface area contributed by atoms with Gasteiger partial charge in [-0.25, -0.2) is 4.39 Å². The maximum Gasteiger partial charge on any atom is 0.173 e. The van der Waals surface area contributed by atoms with Gasteiger partial charge >= 0.3 is 0 Å². The van der Waals surface area contributed by atoms with Gasteiger partial charge in [0, 0.05) is 31.3 Å². The lowest BCUT2D eigenvalue weighted by Crippen LogP contribution is -2.39. The first kappa shape index (κ1) is 19.9. The monoisotopic (exact) mass is 408 g/mol. The first-order valence-corrected chi connectivity index (χ1v) is 9.60. The van der Waals surface area contributed by atoms with E-state index in [9.17, 15) is 4.39 Å². The van der Waals surface area contributed by atoms with Gasteiger partial charge in [0.1, 0.15) is 11.6 Å². The number of hydrogen-bond donors (Lipinski definition) is 1. The lowest BCUT2D eigenvalue weighted by Gasteiger charge is -2.28. The number of anilines is 1. The summed E-state index contributed by atoms with van der Waals surface area (Å²) in [5.41, 5.74) is 1.23. The molecule has 1 aliphatic rings. The van der Waals surface area contributed by atoms with E-state index in [0.29, 0.717) is 40.2 Å². The van der Waals surface area contributed by atoms with Crippen LogP contribution in [0.1, 0.15) is 18.4 Å². The van der Waals surface area contributed by atoms with Crippen LogP contribution in [-0.2, 0) is 11.3 Å². The fourth-order valence-electron chi connectivity index (χ4n) is 3.01. The zero-order chi connectivity index (χ0) is 19.2. The first-order chi connectivity index (χ1) is 13.1. The number of nitrogens with zero attached hydrogens (tertiary/aromatic N) is 1. The normalized spacial score (nSPS) is 16.2. The van der Waals surface area contributed by atoms with Gasteiger partial charge in [-0.15, -0.1) is 0 Å². The molecule has 0 amide bonds. The minimum absolute atomic E-state index is 0.0808. The molecule has 27 heavy (non-hydrogen) atoms. The summed E-state index contributed by atoms with van der Waals surface area (Å²) in [6.07, 6.45) is 2.08. The number of halogens is 2. The van der Waals surface area contributed by atoms with Gasteiger partial charge in [0.25, 0.3) is 0 Å². The van der Waals surface area contributed by atoms with E-state index in [2.05, 4.69) is 5.32 Å². The minimum Gasteiger partial charge on any atom is -0.497 e. The molecular weight excluding hydrogens is 387 g/mol. The van der Waals surface area contributed by atoms with E-state index in [1.165, 1.54) is 6.07 Å². The molecule has 0 bridgehead atoms. The Kier molecular flexibility index (Phi) is 6.88. The van der Waals surface area contributed by atoms with Gasteiger partial charge < -0.3 is 19.7 Å². The minimum atomic E-state index is -0.253. The smallest absolute Gasteiger partial charge is 0.173 e. The standard InChI is InChI=1S/C20H22ClFN2O2S/c1-25-15-8-9-17(21)19(11-15)23-20(27)24(13-16-6-4-10-26-16)12-14-5-2-3-7-18(14)22/h2-3,5,7-9,11,16H,4,6,10,12-13H2,1H3,(H,23,27)/t16-/m1/s1. The van der Waals surface area contributed by atoms with Crippen molar-refractivity contribution >= 4 is 34.6 Å². The van der Waals surface area contributed by atoms with Crippen LogP contribution in [0.15, 0.2) is 42.5 Å². The summed E-state index contributed by atoms with van der Waals surface area (Å²) >= 11 is 11.9. The van der Waals surface area contributed by atoms with Crippen LogP contribution in [0.2, 0.25) is 5.02 Å². The van der Waals surface area contributed by atoms with Crippen LogP contribution in [0.4, 0.5) is 10.1 Å². The second-order valence-corrected chi connectivity index (χ2v) is 7.18. The Morgan fingerprint density at radius 2 is 2.19 bits per heavy atom. The Bertz CT molecular complexity index is 799. The van der Waals surface area contributed by atoms with Gasteiger partial charge in [0.15, 0.2) is 5.11 Å². The highest BCUT2D eigenvalue weighted by molar-refractivity contribution is 7.80. The van der Waals surface area contributed by atoms with Crippen LogP contribution in [-0.4, -0.2) is 36.4 Å². The lowest BCUT2D eigenvalue weighted by atomic mass is 10.2. The molecule has 0 spiro atoms. The van der Waals surface area contributed by atoms with Crippen molar-refractivity contribution < 1.29 is 13.9 Å². The lowest BCUT2D eigenvalue weighted by molar-refractivity contribution is 0.0903. The van der Waals surface area contributed by atoms with Gasteiger partial charge in [0.05, 0.1) is 23.9 Å². The van der Waals surface area contributed by atoms with E-state index in [-0.39, 0.29) is 11.9 Å². The van der Waals surface area contributed by atoms with Crippen LogP contribution in [0.3, 0.4) is 0 Å². The number of nitrogens with one attached hydrogen (secondary N) is 1. The molecule has 0 unspecified atom stereocenters. The van der Waals surface area contributed by atoms with Crippen LogP contribution in [0.5, 0.6) is 5.75 Å². The van der Waals surface area contributed by atoms with Gasteiger partial charge in [-0.1, -0.05) is 29.8 Å². The van der Waals surface area contributed by atoms with Crippen LogP contribution in [0, 0.1) is 5.82 Å². The highest BCUT2D eigenvalue weighted by Gasteiger charge is 2.22. The molecule has 2 aromatic carbocycles. The highest BCUT2D eigenvalue weighted by Crippen LogP contribution is 2.27. The topological polar surface area (TPSA) is 33.7 Å². The predicted molar refractivity (Wildman–Crippen MR) is 110 cm³/mol. The van der Waals surface area contributed by atoms with Crippen molar-refractivity contribution in [3.05, 3.63) is 58.9 Å². The van der Waals surface area contributed by atoms with Gasteiger partial charge in [0.2, 0.25) is 0 Å². The van der Waals surface area contributed by atoms with Gasteiger partial charge in [-0.05, 0) is 43.3 Å². The zero-order valence-corrected chi connectivity index (χ0v) is 16.7. The second kappa shape index (κ2) is 9.35. The Balaban J connectivity index is 1.78. The number of methoxy groups -OCH3 is 1. The van der Waals surface area contributed by atoms with E-state index >= 15 is 0 Å². The molecule has 0 aromatic heterocycles. The molecule has 2 aromatic rings. The Hall–Kier alpha value is -1.89. The summed E-state index contributed by atoms with van der Waals surface area (Å²) in [4.78, 5) is 1.92. The fourth-order valence-corrected chi connectivity index (χ4v) is 3.42. The summed E-state index contributed by atoms with van der Waals surface area (Å²) in [7, 11) is 1.59. The molecule has 3 rings (SSSR count). The van der Waals surface area contributed by atoms with Gasteiger partial charge in [-0.2, -0.15) is 0 Å². The maximum atomic E-state index is 14.2. The van der Waals surface area contributed by atoms with Crippen LogP contribution in [0.25, 0.3) is 0 Å². The summed E-state index contributed by atoms with van der Waals surface area (Å²) in [6, 6.07) is 12.0. The average Bonchev–Trinajstić information content (AvgIpc) is 3.18. The summed E-state index contributed by atoms with van der Waals surface area (Å²) < 4.78 is 25.1. The van der Waals surface area contributed by atoms with Crippen LogP contribution < -0.4 is 10.1 Å². The van der Waals surface area contributed by atoms with E-state index in [1.54, 1.807) is 37.4 Å². The van der Waals surface area contributed by atoms with E-state index in [0.717, 1.165) is 19.4 Å². The van der Waals surface area contributed by atoms with E-state index in [1.807, 2.05) is 11.0 Å². The zero-order valence-electron chi connectivity index (χ0n) is 15.1. The molecule has 1 atom stereocenters. The Morgan fingerprint density at radius 3 is 2.89 bits per heavy atom. The van der Waals surface area contributed by atoms with Crippen molar-refractivity contribution in [2.75, 3.05) is 25.6 Å². The summed E-state index contributed by atoms with van der Waals surface area (Å²) in [5.74, 6) is 0.418. The molecule has 4 nitrogen and oxygen atoms in total. The number of rotatable bonds is 6. The van der Waals surface area contributed by atoms with Crippen molar-refractivity contribution in [1.82, 2.24) is 4.90 Å². The summed E-state index contributed by atoms with van der Waals surface area (Å²) in [5, 5.41) is 4.16. The van der Waals surface area contributed by atoms with E-state index < -0.39 is 0 Å². The molecule has 1 heterocycles. The van der Waals surface area contributed by atoms with E-state index in [4.69, 9.17) is 33.3 Å². The summed E-state index contributed by atoms with van der Waals surface area (Å²) in [6.45, 7) is 1.68. The number of thiocarbonyl (C=S) groups is 1. The van der Waals surface area contributed by atoms with Crippen LogP contribution >= 0.6 is 23.8 Å². The van der Waals surface area contributed by atoms with Gasteiger partial charge in [-0.3, -0.25) is 0 Å². The molecule has 144 valence electrons. The third-order valence-electron chi connectivity index (χ3n) is 4.47. The molecule has 1 N–H and O–H groups in total. The Labute approximate surface area is 169 Å². The quantitative estimate of drug-likeness (QED) is 0.690. The number of ether oxygens (including phenoxy) is 2. The van der Waals surface area contributed by atoms with Crippen molar-refractivity contribution in [2.24, 2.45) is 0 Å². The molecule has 0 radical (unpaired) electrons. The second-order valence-electron chi connectivity index (χ2n) is 6.38. The van der Waals surface area contributed by atoms with Crippen molar-refractivity contribution in [3.63, 3.8) is 0 Å². The third-order valence-corrected chi connectivity index (χ3v) is 5.16. The molecule has 1 aliphatic heterocycles. The molecule has 0 saturated carbocycles. The average molecular weight is 409 g/mol. The molecule has 1 fully saturated rings. The third kappa shape index (κ3) is 5.31. The van der Waals surface area contributed by atoms with Crippen molar-refractivity contribution in [2.45, 2.75) is 25.5 Å². The van der Waals surface area contributed by atoms with Crippen molar-refractivity contribution in [3.8, 4) is 5.75 Å². The molecular formula is C20H22ClFN2O2S. The van der Waals surface area contributed by atoms with Crippen molar-refractivity contribution in [1.29, 1.82) is 0 Å². The highest BCUT2D eigenvalue weighted by atomic mass is 35.5. The SMILES string of the molecule is COc1ccc(Cl)c(NC(=S)N(Cc2ccccc2F)C[C@H]2CCCO2)c1. The first-order valence-electron chi connectivity index (χ1n) is 8.81. The molecule has 7 heteroatoms. The fraction of sp³-hybridized carbons (Fsp3) is 0.350. The number of hydrogen-bond acceptors (Lipinski definition) is 3. The maximum absolute atomic E-state index is 14.2. The molecule has 0 aliphatic carbocycles. The Morgan fingerprint density at radius 1 is 1.37 bits per heavy atom. The molecule has 1 saturated heterocycles. The predicted octanol–water partition coefficient (Wildman–Crippen LogP) is 4.87.